The van der Waals surface area contributed by atoms with E-state index in [1.807, 2.05) is 0 Å². The maximum Gasteiger partial charge on any atom is 0.408 e. The number of carbonyl (C=O) groups excluding carboxylic acids is 1. The van der Waals surface area contributed by atoms with Crippen LogP contribution in [-0.2, 0) is 14.3 Å². The summed E-state index contributed by atoms with van der Waals surface area (Å²) < 4.78 is 4.96. The highest BCUT2D eigenvalue weighted by atomic mass is 16.6. The third-order valence-electron chi connectivity index (χ3n) is 2.62. The Kier molecular flexibility index (Phi) is 7.72. The lowest BCUT2D eigenvalue weighted by Crippen LogP contribution is -2.45. The molecule has 0 spiro atoms. The van der Waals surface area contributed by atoms with Crippen LogP contribution in [0.25, 0.3) is 0 Å². The average Bonchev–Trinajstić information content (AvgIpc) is 2.29. The van der Waals surface area contributed by atoms with Crippen molar-refractivity contribution in [2.75, 3.05) is 6.54 Å². The van der Waals surface area contributed by atoms with Crippen LogP contribution in [0.15, 0.2) is 0 Å². The first-order valence-corrected chi connectivity index (χ1v) is 6.72. The van der Waals surface area contributed by atoms with Crippen molar-refractivity contribution in [3.8, 4) is 0 Å². The molecule has 0 aliphatic rings. The summed E-state index contributed by atoms with van der Waals surface area (Å²) >= 11 is 0. The zero-order valence-corrected chi connectivity index (χ0v) is 12.6. The lowest BCUT2D eigenvalue weighted by molar-refractivity contribution is -0.144. The predicted molar refractivity (Wildman–Crippen MR) is 74.8 cm³/mol. The smallest absolute Gasteiger partial charge is 0.408 e. The highest BCUT2D eigenvalue weighted by molar-refractivity contribution is 5.81. The Morgan fingerprint density at radius 3 is 2.14 bits per heavy atom. The number of hydrogen-bond acceptors (Lipinski definition) is 5. The lowest BCUT2D eigenvalue weighted by atomic mass is 9.95. The molecule has 0 aliphatic carbocycles. The average molecular weight is 304 g/mol. The third kappa shape index (κ3) is 8.85. The van der Waals surface area contributed by atoms with Crippen molar-refractivity contribution >= 4 is 18.0 Å². The van der Waals surface area contributed by atoms with E-state index in [0.29, 0.717) is 13.0 Å². The minimum Gasteiger partial charge on any atom is -0.481 e. The van der Waals surface area contributed by atoms with Crippen molar-refractivity contribution < 1.29 is 29.3 Å². The highest BCUT2D eigenvalue weighted by Crippen LogP contribution is 2.15. The number of carbonyl (C=O) groups is 3. The first kappa shape index (κ1) is 19.2. The molecule has 0 aliphatic heterocycles. The van der Waals surface area contributed by atoms with Crippen LogP contribution in [0.5, 0.6) is 0 Å². The molecule has 1 amide bonds. The Balaban J connectivity index is 4.70. The van der Waals surface area contributed by atoms with Crippen LogP contribution in [0, 0.1) is 5.92 Å². The monoisotopic (exact) mass is 304 g/mol. The van der Waals surface area contributed by atoms with Crippen LogP contribution in [0.4, 0.5) is 4.79 Å². The maximum atomic E-state index is 11.6. The van der Waals surface area contributed by atoms with Gasteiger partial charge >= 0.3 is 18.0 Å². The van der Waals surface area contributed by atoms with E-state index >= 15 is 0 Å². The van der Waals surface area contributed by atoms with E-state index in [4.69, 9.17) is 20.7 Å². The Morgan fingerprint density at radius 1 is 1.19 bits per heavy atom. The molecule has 2 atom stereocenters. The Morgan fingerprint density at radius 2 is 1.76 bits per heavy atom. The van der Waals surface area contributed by atoms with Crippen molar-refractivity contribution in [2.45, 2.75) is 51.7 Å². The molecule has 5 N–H and O–H groups in total. The molecule has 0 heterocycles. The van der Waals surface area contributed by atoms with Gasteiger partial charge in [-0.3, -0.25) is 4.79 Å². The minimum atomic E-state index is -1.32. The van der Waals surface area contributed by atoms with Crippen molar-refractivity contribution in [3.63, 3.8) is 0 Å². The number of amides is 1. The number of carboxylic acid groups (broad SMARTS) is 2. The topological polar surface area (TPSA) is 139 Å². The molecule has 0 aromatic rings. The third-order valence-corrected chi connectivity index (χ3v) is 2.62. The van der Waals surface area contributed by atoms with E-state index in [1.165, 1.54) is 0 Å². The Hall–Kier alpha value is -1.83. The van der Waals surface area contributed by atoms with Gasteiger partial charge in [-0.05, 0) is 46.6 Å². The number of nitrogens with one attached hydrogen (secondary N) is 1. The second kappa shape index (κ2) is 8.46. The van der Waals surface area contributed by atoms with E-state index < -0.39 is 35.6 Å². The molecule has 8 nitrogen and oxygen atoms in total. The van der Waals surface area contributed by atoms with Crippen LogP contribution >= 0.6 is 0 Å². The van der Waals surface area contributed by atoms with E-state index in [-0.39, 0.29) is 12.8 Å². The quantitative estimate of drug-likeness (QED) is 0.520. The van der Waals surface area contributed by atoms with Gasteiger partial charge in [0.1, 0.15) is 11.6 Å². The zero-order chi connectivity index (χ0) is 16.6. The molecule has 0 saturated heterocycles. The number of nitrogens with two attached hydrogens (primary N) is 1. The van der Waals surface area contributed by atoms with E-state index in [1.54, 1.807) is 20.8 Å². The summed E-state index contributed by atoms with van der Waals surface area (Å²) in [6.45, 7) is 5.25. The van der Waals surface area contributed by atoms with Crippen LogP contribution in [0.3, 0.4) is 0 Å². The van der Waals surface area contributed by atoms with Crippen LogP contribution < -0.4 is 11.1 Å². The molecule has 0 bridgehead atoms. The summed E-state index contributed by atoms with van der Waals surface area (Å²) in [7, 11) is 0. The van der Waals surface area contributed by atoms with Crippen molar-refractivity contribution in [1.29, 1.82) is 0 Å². The van der Waals surface area contributed by atoms with E-state index in [2.05, 4.69) is 5.32 Å². The normalized spacial score (nSPS) is 14.1. The van der Waals surface area contributed by atoms with Crippen molar-refractivity contribution in [3.05, 3.63) is 0 Å². The number of alkyl carbamates (subject to hydrolysis) is 1. The molecule has 0 fully saturated rings. The summed E-state index contributed by atoms with van der Waals surface area (Å²) in [5.74, 6) is -3.30. The molecular weight excluding hydrogens is 280 g/mol. The summed E-state index contributed by atoms with van der Waals surface area (Å²) in [5, 5.41) is 20.3. The van der Waals surface area contributed by atoms with Gasteiger partial charge in [0.25, 0.3) is 0 Å². The minimum absolute atomic E-state index is 0.218. The van der Waals surface area contributed by atoms with Gasteiger partial charge in [0.2, 0.25) is 0 Å². The van der Waals surface area contributed by atoms with Gasteiger partial charge in [0.15, 0.2) is 0 Å². The molecule has 0 unspecified atom stereocenters. The summed E-state index contributed by atoms with van der Waals surface area (Å²) in [5.41, 5.74) is 4.55. The van der Waals surface area contributed by atoms with E-state index in [0.717, 1.165) is 0 Å². The molecule has 8 heteroatoms. The van der Waals surface area contributed by atoms with Gasteiger partial charge in [0.05, 0.1) is 5.92 Å². The van der Waals surface area contributed by atoms with Gasteiger partial charge in [-0.1, -0.05) is 0 Å². The van der Waals surface area contributed by atoms with Crippen molar-refractivity contribution in [2.24, 2.45) is 11.7 Å². The fraction of sp³-hybridized carbons (Fsp3) is 0.769. The number of aliphatic carboxylic acids is 2. The number of carboxylic acids is 2. The molecule has 21 heavy (non-hydrogen) atoms. The van der Waals surface area contributed by atoms with Crippen LogP contribution in [0.2, 0.25) is 0 Å². The number of rotatable bonds is 8. The SMILES string of the molecule is CC(C)(C)OC(=O)N[C@@H](C[C@@H](CCCN)C(=O)O)C(=O)O. The fourth-order valence-corrected chi connectivity index (χ4v) is 1.66. The Bertz CT molecular complexity index is 377. The second-order valence-electron chi connectivity index (χ2n) is 5.74. The molecule has 122 valence electrons. The van der Waals surface area contributed by atoms with Gasteiger partial charge in [-0.15, -0.1) is 0 Å². The molecule has 0 radical (unpaired) electrons. The van der Waals surface area contributed by atoms with Gasteiger partial charge in [-0.2, -0.15) is 0 Å². The zero-order valence-electron chi connectivity index (χ0n) is 12.6. The Labute approximate surface area is 123 Å². The first-order valence-electron chi connectivity index (χ1n) is 6.72. The molecule has 0 saturated carbocycles. The fourth-order valence-electron chi connectivity index (χ4n) is 1.66. The molecular formula is C13H24N2O6. The van der Waals surface area contributed by atoms with Crippen molar-refractivity contribution in [1.82, 2.24) is 5.32 Å². The van der Waals surface area contributed by atoms with E-state index in [9.17, 15) is 14.4 Å². The molecule has 0 rings (SSSR count). The lowest BCUT2D eigenvalue weighted by Gasteiger charge is -2.23. The molecule has 0 aromatic carbocycles. The summed E-state index contributed by atoms with van der Waals surface area (Å²) in [6, 6.07) is -1.32. The summed E-state index contributed by atoms with van der Waals surface area (Å²) in [4.78, 5) is 33.8. The summed E-state index contributed by atoms with van der Waals surface area (Å²) in [6.07, 6.45) is -0.386. The standard InChI is InChI=1S/C13H24N2O6/c1-13(2,3)21-12(20)15-9(11(18)19)7-8(10(16)17)5-4-6-14/h8-9H,4-7,14H2,1-3H3,(H,15,20)(H,16,17)(H,18,19)/t8-,9+/m1/s1. The predicted octanol–water partition coefficient (Wildman–Crippen LogP) is 0.794. The highest BCUT2D eigenvalue weighted by Gasteiger charge is 2.29. The second-order valence-corrected chi connectivity index (χ2v) is 5.74. The largest absolute Gasteiger partial charge is 0.481 e. The number of ether oxygens (including phenoxy) is 1. The number of hydrogen-bond donors (Lipinski definition) is 4. The van der Waals surface area contributed by atoms with Gasteiger partial charge in [0, 0.05) is 0 Å². The van der Waals surface area contributed by atoms with Crippen LogP contribution in [0.1, 0.15) is 40.0 Å². The molecule has 0 aromatic heterocycles. The van der Waals surface area contributed by atoms with Gasteiger partial charge < -0.3 is 26.0 Å². The maximum absolute atomic E-state index is 11.6. The first-order chi connectivity index (χ1) is 9.56. The van der Waals surface area contributed by atoms with Gasteiger partial charge in [-0.25, -0.2) is 9.59 Å². The van der Waals surface area contributed by atoms with Crippen LogP contribution in [-0.4, -0.2) is 46.4 Å².